The molecule has 200 valence electrons. The predicted molar refractivity (Wildman–Crippen MR) is 170 cm³/mol. The molecule has 0 unspecified atom stereocenters. The second kappa shape index (κ2) is 13.4. The van der Waals surface area contributed by atoms with E-state index in [2.05, 4.69) is 165 Å². The normalized spacial score (nSPS) is 11.7. The van der Waals surface area contributed by atoms with Crippen LogP contribution in [-0.2, 0) is 23.5 Å². The zero-order valence-electron chi connectivity index (χ0n) is 22.9. The van der Waals surface area contributed by atoms with Gasteiger partial charge in [-0.15, -0.1) is 0 Å². The Hall–Kier alpha value is -2.95. The third-order valence-corrected chi connectivity index (χ3v) is 20.2. The van der Waals surface area contributed by atoms with Crippen molar-refractivity contribution in [2.24, 2.45) is 0 Å². The van der Waals surface area contributed by atoms with Crippen LogP contribution in [0.15, 0.2) is 152 Å². The van der Waals surface area contributed by atoms with E-state index in [9.17, 15) is 0 Å². The van der Waals surface area contributed by atoms with Crippen LogP contribution in [0.5, 0.6) is 0 Å². The standard InChI is InChI=1S/C36H37Si2.Cu/c1-37(32-22-10-4-11-23-32,33-24-12-5-13-25-33)36(30-18-21-31-19-8-3-9-20-31)38(2,34-26-14-6-15-27-34)35-28-16-7-17-29-35;/h3-17,19-20,22-29H,18,21,30H2,1-2H3;/q-1;+1. The van der Waals surface area contributed by atoms with Gasteiger partial charge >= 0.3 is 17.1 Å². The molecule has 0 bridgehead atoms. The van der Waals surface area contributed by atoms with Gasteiger partial charge in [-0.1, -0.05) is 192 Å². The molecule has 0 heterocycles. The van der Waals surface area contributed by atoms with Crippen molar-refractivity contribution < 1.29 is 17.1 Å². The minimum absolute atomic E-state index is 0. The molecule has 5 aromatic rings. The van der Waals surface area contributed by atoms with E-state index in [1.165, 1.54) is 26.3 Å². The second-order valence-corrected chi connectivity index (χ2v) is 19.0. The summed E-state index contributed by atoms with van der Waals surface area (Å²) in [5.41, 5.74) is 1.43. The second-order valence-electron chi connectivity index (χ2n) is 10.5. The molecule has 0 radical (unpaired) electrons. The van der Waals surface area contributed by atoms with E-state index in [1.807, 2.05) is 0 Å². The van der Waals surface area contributed by atoms with Gasteiger partial charge in [-0.3, -0.25) is 5.16 Å². The first-order valence-corrected chi connectivity index (χ1v) is 18.8. The molecule has 5 rings (SSSR count). The Morgan fingerprint density at radius 3 is 1.03 bits per heavy atom. The molecule has 0 nitrogen and oxygen atoms in total. The van der Waals surface area contributed by atoms with Crippen molar-refractivity contribution in [3.8, 4) is 0 Å². The fourth-order valence-corrected chi connectivity index (χ4v) is 18.8. The fourth-order valence-electron chi connectivity index (χ4n) is 6.23. The van der Waals surface area contributed by atoms with E-state index in [1.54, 1.807) is 5.16 Å². The van der Waals surface area contributed by atoms with Crippen molar-refractivity contribution in [1.29, 1.82) is 0 Å². The average molecular weight is 589 g/mol. The summed E-state index contributed by atoms with van der Waals surface area (Å²) in [6.45, 7) is 5.24. The van der Waals surface area contributed by atoms with Gasteiger partial charge in [0, 0.05) is 0 Å². The summed E-state index contributed by atoms with van der Waals surface area (Å²) in [4.78, 5) is 0. The minimum Gasteiger partial charge on any atom is -0.294 e. The molecule has 0 amide bonds. The summed E-state index contributed by atoms with van der Waals surface area (Å²) in [5.74, 6) is 0. The Morgan fingerprint density at radius 2 is 0.718 bits per heavy atom. The Kier molecular flexibility index (Phi) is 9.99. The minimum atomic E-state index is -2.29. The van der Waals surface area contributed by atoms with Gasteiger partial charge in [-0.25, -0.2) is 0 Å². The predicted octanol–water partition coefficient (Wildman–Crippen LogP) is 6.45. The topological polar surface area (TPSA) is 0 Å². The largest absolute Gasteiger partial charge is 1.00 e. The zero-order valence-corrected chi connectivity index (χ0v) is 25.8. The fraction of sp³-hybridized carbons (Fsp3) is 0.139. The molecular weight excluding hydrogens is 552 g/mol. The van der Waals surface area contributed by atoms with Crippen LogP contribution < -0.4 is 20.7 Å². The third kappa shape index (κ3) is 6.13. The zero-order chi connectivity index (χ0) is 26.3. The van der Waals surface area contributed by atoms with Gasteiger partial charge in [-0.05, 0) is 28.1 Å². The molecule has 0 aliphatic carbocycles. The van der Waals surface area contributed by atoms with Crippen LogP contribution in [0.3, 0.4) is 0 Å². The molecule has 5 aromatic carbocycles. The summed E-state index contributed by atoms with van der Waals surface area (Å²) in [6, 6.07) is 56.6. The summed E-state index contributed by atoms with van der Waals surface area (Å²) < 4.78 is 0. The van der Waals surface area contributed by atoms with Crippen molar-refractivity contribution >= 4 is 36.9 Å². The van der Waals surface area contributed by atoms with Gasteiger partial charge in [0.2, 0.25) is 0 Å². The smallest absolute Gasteiger partial charge is 0.294 e. The van der Waals surface area contributed by atoms with Crippen molar-refractivity contribution in [2.75, 3.05) is 0 Å². The number of aryl methyl sites for hydroxylation is 1. The van der Waals surface area contributed by atoms with Gasteiger partial charge in [0.05, 0.1) is 0 Å². The van der Waals surface area contributed by atoms with Gasteiger partial charge < -0.3 is 0 Å². The molecular formula is C36H37CuSi2. The SMILES string of the molecule is C[Si](c1ccccc1)(c1ccccc1)[C-](CCCc1ccccc1)[Si](C)(c1ccccc1)c1ccccc1.[Cu+]. The molecule has 0 atom stereocenters. The van der Waals surface area contributed by atoms with Crippen molar-refractivity contribution in [2.45, 2.75) is 32.4 Å². The van der Waals surface area contributed by atoms with Crippen molar-refractivity contribution in [3.05, 3.63) is 162 Å². The van der Waals surface area contributed by atoms with Crippen LogP contribution in [0.25, 0.3) is 0 Å². The van der Waals surface area contributed by atoms with Gasteiger partial charge in [0.15, 0.2) is 0 Å². The summed E-state index contributed by atoms with van der Waals surface area (Å²) >= 11 is 0. The summed E-state index contributed by atoms with van der Waals surface area (Å²) in [7, 11) is -4.58. The molecule has 0 saturated heterocycles. The molecule has 0 fully saturated rings. The monoisotopic (exact) mass is 588 g/mol. The number of hydrogen-bond acceptors (Lipinski definition) is 0. The van der Waals surface area contributed by atoms with E-state index in [0.29, 0.717) is 0 Å². The first-order chi connectivity index (χ1) is 18.6. The molecule has 3 heteroatoms. The van der Waals surface area contributed by atoms with Crippen LogP contribution in [0.4, 0.5) is 0 Å². The van der Waals surface area contributed by atoms with Crippen LogP contribution in [0, 0.1) is 5.16 Å². The van der Waals surface area contributed by atoms with Gasteiger partial charge in [0.1, 0.15) is 0 Å². The Morgan fingerprint density at radius 1 is 0.436 bits per heavy atom. The first kappa shape index (κ1) is 29.0. The average Bonchev–Trinajstić information content (AvgIpc) is 3.01. The molecule has 0 aliphatic rings. The number of rotatable bonds is 10. The number of benzene rings is 5. The summed E-state index contributed by atoms with van der Waals surface area (Å²) in [5, 5.41) is 7.83. The number of hydrogen-bond donors (Lipinski definition) is 0. The van der Waals surface area contributed by atoms with E-state index in [4.69, 9.17) is 0 Å². The summed E-state index contributed by atoms with van der Waals surface area (Å²) in [6.07, 6.45) is 3.39. The van der Waals surface area contributed by atoms with E-state index < -0.39 is 16.1 Å². The molecule has 0 N–H and O–H groups in total. The van der Waals surface area contributed by atoms with Crippen LogP contribution in [0.1, 0.15) is 18.4 Å². The Balaban J connectivity index is 0.00000353. The maximum atomic E-state index is 2.62. The Bertz CT molecular complexity index is 1220. The van der Waals surface area contributed by atoms with Gasteiger partial charge in [-0.2, -0.15) is 6.42 Å². The Labute approximate surface area is 247 Å². The van der Waals surface area contributed by atoms with E-state index in [-0.39, 0.29) is 17.1 Å². The van der Waals surface area contributed by atoms with Crippen molar-refractivity contribution in [3.63, 3.8) is 0 Å². The third-order valence-electron chi connectivity index (χ3n) is 8.35. The van der Waals surface area contributed by atoms with Crippen molar-refractivity contribution in [1.82, 2.24) is 0 Å². The molecule has 0 saturated carbocycles. The molecule has 0 aliphatic heterocycles. The molecule has 0 spiro atoms. The maximum Gasteiger partial charge on any atom is 1.00 e. The first-order valence-electron chi connectivity index (χ1n) is 13.8. The van der Waals surface area contributed by atoms with Crippen LogP contribution in [-0.4, -0.2) is 16.1 Å². The van der Waals surface area contributed by atoms with E-state index >= 15 is 0 Å². The maximum absolute atomic E-state index is 2.62. The van der Waals surface area contributed by atoms with Gasteiger partial charge in [0.25, 0.3) is 0 Å². The van der Waals surface area contributed by atoms with Crippen LogP contribution >= 0.6 is 0 Å². The quantitative estimate of drug-likeness (QED) is 0.130. The van der Waals surface area contributed by atoms with E-state index in [0.717, 1.165) is 19.3 Å². The van der Waals surface area contributed by atoms with Crippen LogP contribution in [0.2, 0.25) is 13.1 Å². The molecule has 39 heavy (non-hydrogen) atoms. The molecule has 0 aromatic heterocycles.